The molecule has 1 rings (SSSR count). The van der Waals surface area contributed by atoms with Crippen LogP contribution in [0.15, 0.2) is 18.2 Å². The summed E-state index contributed by atoms with van der Waals surface area (Å²) in [4.78, 5) is 11.1. The van der Waals surface area contributed by atoms with Crippen LogP contribution >= 0.6 is 0 Å². The van der Waals surface area contributed by atoms with Crippen molar-refractivity contribution in [3.63, 3.8) is 0 Å². The minimum Gasteiger partial charge on any atom is -0.466 e. The molecule has 0 saturated carbocycles. The van der Waals surface area contributed by atoms with Gasteiger partial charge in [-0.1, -0.05) is 6.07 Å². The number of carbonyl (C=O) groups is 1. The molecule has 0 aliphatic carbocycles. The molecule has 20 heavy (non-hydrogen) atoms. The van der Waals surface area contributed by atoms with Gasteiger partial charge in [-0.05, 0) is 32.0 Å². The Labute approximate surface area is 116 Å². The fourth-order valence-corrected chi connectivity index (χ4v) is 1.76. The largest absolute Gasteiger partial charge is 0.466 e. The molecule has 0 bridgehead atoms. The molecular weight excluding hydrogens is 268 g/mol. The van der Waals surface area contributed by atoms with Crippen LogP contribution in [0.2, 0.25) is 0 Å². The van der Waals surface area contributed by atoms with Gasteiger partial charge in [-0.25, -0.2) is 8.78 Å². The zero-order valence-corrected chi connectivity index (χ0v) is 11.4. The first-order valence-corrected chi connectivity index (χ1v) is 6.54. The van der Waals surface area contributed by atoms with E-state index in [-0.39, 0.29) is 24.5 Å². The molecule has 0 radical (unpaired) electrons. The first-order valence-electron chi connectivity index (χ1n) is 6.54. The Hall–Kier alpha value is -1.53. The van der Waals surface area contributed by atoms with Crippen molar-refractivity contribution in [1.82, 2.24) is 5.32 Å². The zero-order valence-electron chi connectivity index (χ0n) is 11.4. The van der Waals surface area contributed by atoms with E-state index in [9.17, 15) is 18.7 Å². The molecule has 0 aromatic heterocycles. The minimum atomic E-state index is -1.27. The second-order valence-corrected chi connectivity index (χ2v) is 4.26. The molecule has 112 valence electrons. The van der Waals surface area contributed by atoms with Gasteiger partial charge in [0.2, 0.25) is 0 Å². The monoisotopic (exact) mass is 287 g/mol. The minimum absolute atomic E-state index is 0.0146. The third-order valence-corrected chi connectivity index (χ3v) is 2.71. The van der Waals surface area contributed by atoms with Crippen LogP contribution in [0.25, 0.3) is 0 Å². The molecule has 0 aliphatic rings. The van der Waals surface area contributed by atoms with Gasteiger partial charge in [-0.15, -0.1) is 0 Å². The van der Waals surface area contributed by atoms with E-state index in [1.165, 1.54) is 6.07 Å². The molecule has 1 aromatic carbocycles. The predicted molar refractivity (Wildman–Crippen MR) is 70.1 cm³/mol. The molecule has 1 aromatic rings. The molecule has 2 N–H and O–H groups in total. The number of hydrogen-bond donors (Lipinski definition) is 2. The number of hydrogen-bond acceptors (Lipinski definition) is 4. The van der Waals surface area contributed by atoms with Crippen molar-refractivity contribution in [2.24, 2.45) is 0 Å². The Balaban J connectivity index is 2.30. The van der Waals surface area contributed by atoms with Crippen LogP contribution in [0, 0.1) is 11.6 Å². The standard InChI is InChI=1S/C14H19F2NO3/c1-2-20-13(19)7-4-8-17-9-12(18)14-10(15)5-3-6-11(14)16/h3,5-6,12,17-18H,2,4,7-9H2,1H3. The van der Waals surface area contributed by atoms with Gasteiger partial charge >= 0.3 is 5.97 Å². The summed E-state index contributed by atoms with van der Waals surface area (Å²) < 4.78 is 31.5. The highest BCUT2D eigenvalue weighted by molar-refractivity contribution is 5.69. The van der Waals surface area contributed by atoms with Crippen LogP contribution in [0.4, 0.5) is 8.78 Å². The third-order valence-electron chi connectivity index (χ3n) is 2.71. The third kappa shape index (κ3) is 5.22. The average molecular weight is 287 g/mol. The van der Waals surface area contributed by atoms with Crippen molar-refractivity contribution in [2.75, 3.05) is 19.7 Å². The molecule has 0 fully saturated rings. The summed E-state index contributed by atoms with van der Waals surface area (Å²) in [6.07, 6.45) is -0.463. The molecule has 0 heterocycles. The number of aliphatic hydroxyl groups excluding tert-OH is 1. The maximum absolute atomic E-state index is 13.4. The van der Waals surface area contributed by atoms with E-state index in [0.29, 0.717) is 19.6 Å². The van der Waals surface area contributed by atoms with Gasteiger partial charge in [0.15, 0.2) is 0 Å². The topological polar surface area (TPSA) is 58.6 Å². The Morgan fingerprint density at radius 3 is 2.65 bits per heavy atom. The highest BCUT2D eigenvalue weighted by Crippen LogP contribution is 2.19. The number of halogens is 2. The van der Waals surface area contributed by atoms with E-state index in [2.05, 4.69) is 5.32 Å². The quantitative estimate of drug-likeness (QED) is 0.566. The van der Waals surface area contributed by atoms with Gasteiger partial charge < -0.3 is 15.2 Å². The number of nitrogens with one attached hydrogen (secondary N) is 1. The van der Waals surface area contributed by atoms with Gasteiger partial charge in [0.1, 0.15) is 11.6 Å². The molecule has 0 amide bonds. The first kappa shape index (κ1) is 16.5. The van der Waals surface area contributed by atoms with Crippen LogP contribution in [0.5, 0.6) is 0 Å². The van der Waals surface area contributed by atoms with Crippen LogP contribution < -0.4 is 5.32 Å². The molecule has 0 aliphatic heterocycles. The van der Waals surface area contributed by atoms with Crippen molar-refractivity contribution in [1.29, 1.82) is 0 Å². The lowest BCUT2D eigenvalue weighted by Crippen LogP contribution is -2.24. The molecular formula is C14H19F2NO3. The van der Waals surface area contributed by atoms with Gasteiger partial charge in [0.25, 0.3) is 0 Å². The second-order valence-electron chi connectivity index (χ2n) is 4.26. The van der Waals surface area contributed by atoms with Crippen molar-refractivity contribution in [3.8, 4) is 0 Å². The lowest BCUT2D eigenvalue weighted by atomic mass is 10.1. The SMILES string of the molecule is CCOC(=O)CCCNCC(O)c1c(F)cccc1F. The summed E-state index contributed by atoms with van der Waals surface area (Å²) in [5.41, 5.74) is -0.342. The van der Waals surface area contributed by atoms with E-state index >= 15 is 0 Å². The van der Waals surface area contributed by atoms with Gasteiger partial charge in [0.05, 0.1) is 18.3 Å². The Morgan fingerprint density at radius 1 is 1.40 bits per heavy atom. The fourth-order valence-electron chi connectivity index (χ4n) is 1.76. The van der Waals surface area contributed by atoms with Crippen LogP contribution in [0.3, 0.4) is 0 Å². The number of aliphatic hydroxyl groups is 1. The average Bonchev–Trinajstić information content (AvgIpc) is 2.38. The second kappa shape index (κ2) is 8.60. The van der Waals surface area contributed by atoms with E-state index in [0.717, 1.165) is 12.1 Å². The highest BCUT2D eigenvalue weighted by Gasteiger charge is 2.17. The summed E-state index contributed by atoms with van der Waals surface area (Å²) >= 11 is 0. The van der Waals surface area contributed by atoms with E-state index in [4.69, 9.17) is 4.74 Å². The lowest BCUT2D eigenvalue weighted by Gasteiger charge is -2.13. The van der Waals surface area contributed by atoms with Crippen molar-refractivity contribution in [2.45, 2.75) is 25.9 Å². The zero-order chi connectivity index (χ0) is 15.0. The summed E-state index contributed by atoms with van der Waals surface area (Å²) in [7, 11) is 0. The normalized spacial score (nSPS) is 12.2. The smallest absolute Gasteiger partial charge is 0.305 e. The molecule has 0 spiro atoms. The number of rotatable bonds is 8. The van der Waals surface area contributed by atoms with Crippen LogP contribution in [-0.4, -0.2) is 30.8 Å². The maximum Gasteiger partial charge on any atom is 0.305 e. The van der Waals surface area contributed by atoms with E-state index < -0.39 is 17.7 Å². The highest BCUT2D eigenvalue weighted by atomic mass is 19.1. The summed E-state index contributed by atoms with van der Waals surface area (Å²) in [6, 6.07) is 3.44. The van der Waals surface area contributed by atoms with E-state index in [1.54, 1.807) is 6.92 Å². The van der Waals surface area contributed by atoms with Crippen LogP contribution in [0.1, 0.15) is 31.4 Å². The van der Waals surface area contributed by atoms with Gasteiger partial charge in [0, 0.05) is 13.0 Å². The maximum atomic E-state index is 13.4. The molecule has 6 heteroatoms. The number of esters is 1. The first-order chi connectivity index (χ1) is 9.56. The molecule has 4 nitrogen and oxygen atoms in total. The molecule has 0 saturated heterocycles. The van der Waals surface area contributed by atoms with Gasteiger partial charge in [-0.2, -0.15) is 0 Å². The Kier molecular flexibility index (Phi) is 7.11. The van der Waals surface area contributed by atoms with Crippen molar-refractivity contribution >= 4 is 5.97 Å². The Morgan fingerprint density at radius 2 is 2.05 bits per heavy atom. The van der Waals surface area contributed by atoms with Gasteiger partial charge in [-0.3, -0.25) is 4.79 Å². The van der Waals surface area contributed by atoms with Crippen LogP contribution in [-0.2, 0) is 9.53 Å². The van der Waals surface area contributed by atoms with E-state index in [1.807, 2.05) is 0 Å². The molecule has 1 atom stereocenters. The lowest BCUT2D eigenvalue weighted by molar-refractivity contribution is -0.143. The summed E-state index contributed by atoms with van der Waals surface area (Å²) in [6.45, 7) is 2.54. The predicted octanol–water partition coefficient (Wildman–Crippen LogP) is 1.93. The molecule has 1 unspecified atom stereocenters. The number of carbonyl (C=O) groups excluding carboxylic acids is 1. The summed E-state index contributed by atoms with van der Waals surface area (Å²) in [5.74, 6) is -1.83. The summed E-state index contributed by atoms with van der Waals surface area (Å²) in [5, 5.41) is 12.6. The Bertz CT molecular complexity index is 420. The number of ether oxygens (including phenoxy) is 1. The van der Waals surface area contributed by atoms with Crippen molar-refractivity contribution < 1.29 is 23.4 Å². The van der Waals surface area contributed by atoms with Crippen molar-refractivity contribution in [3.05, 3.63) is 35.4 Å². The fraction of sp³-hybridized carbons (Fsp3) is 0.500. The number of benzene rings is 1.